The summed E-state index contributed by atoms with van der Waals surface area (Å²) in [5.74, 6) is 6.55. The first-order valence-corrected chi connectivity index (χ1v) is 12.9. The Morgan fingerprint density at radius 2 is 1.47 bits per heavy atom. The number of carbonyl (C=O) groups is 1. The van der Waals surface area contributed by atoms with Gasteiger partial charge in [-0.3, -0.25) is 9.69 Å². The van der Waals surface area contributed by atoms with Crippen molar-refractivity contribution < 1.29 is 9.53 Å². The Bertz CT molecular complexity index is 710. The number of benzene rings is 1. The molecule has 0 amide bonds. The number of nitrogens with zero attached hydrogens (tertiary/aromatic N) is 1. The Hall–Kier alpha value is -1.79. The molecule has 1 aromatic carbocycles. The lowest BCUT2D eigenvalue weighted by molar-refractivity contribution is -0.155. The van der Waals surface area contributed by atoms with Crippen LogP contribution in [0.15, 0.2) is 30.3 Å². The summed E-state index contributed by atoms with van der Waals surface area (Å²) >= 11 is 0. The molecule has 3 nitrogen and oxygen atoms in total. The molecule has 1 unspecified atom stereocenters. The van der Waals surface area contributed by atoms with Crippen molar-refractivity contribution in [1.82, 2.24) is 4.90 Å². The molecule has 0 aromatic heterocycles. The highest BCUT2D eigenvalue weighted by molar-refractivity contribution is 5.81. The molecule has 1 aliphatic heterocycles. The van der Waals surface area contributed by atoms with Gasteiger partial charge in [0.1, 0.15) is 11.6 Å². The van der Waals surface area contributed by atoms with Crippen LogP contribution in [0.3, 0.4) is 0 Å². The maximum Gasteiger partial charge on any atom is 0.326 e. The second-order valence-corrected chi connectivity index (χ2v) is 10.2. The Morgan fingerprint density at radius 1 is 0.906 bits per heavy atom. The van der Waals surface area contributed by atoms with E-state index in [1.807, 2.05) is 39.0 Å². The predicted octanol–water partition coefficient (Wildman–Crippen LogP) is 7.29. The molecule has 3 atom stereocenters. The number of hydrogen-bond acceptors (Lipinski definition) is 3. The van der Waals surface area contributed by atoms with Crippen molar-refractivity contribution in [3.8, 4) is 11.8 Å². The van der Waals surface area contributed by atoms with Crippen LogP contribution in [-0.4, -0.2) is 28.6 Å². The molecule has 2 rings (SSSR count). The fourth-order valence-electron chi connectivity index (χ4n) is 4.11. The molecule has 0 N–H and O–H groups in total. The van der Waals surface area contributed by atoms with E-state index in [-0.39, 0.29) is 18.1 Å². The number of esters is 1. The van der Waals surface area contributed by atoms with Crippen LogP contribution in [0.1, 0.15) is 110 Å². The van der Waals surface area contributed by atoms with Gasteiger partial charge in [-0.2, -0.15) is 0 Å². The van der Waals surface area contributed by atoms with Crippen molar-refractivity contribution in [2.45, 2.75) is 129 Å². The summed E-state index contributed by atoms with van der Waals surface area (Å²) in [7, 11) is 0. The van der Waals surface area contributed by atoms with Crippen LogP contribution >= 0.6 is 0 Å². The zero-order valence-electron chi connectivity index (χ0n) is 21.0. The third kappa shape index (κ3) is 10.7. The summed E-state index contributed by atoms with van der Waals surface area (Å²) in [5, 5.41) is 0. The van der Waals surface area contributed by atoms with Crippen LogP contribution < -0.4 is 0 Å². The molecule has 0 aliphatic carbocycles. The normalized spacial score (nSPS) is 19.8. The van der Waals surface area contributed by atoms with Gasteiger partial charge in [-0.15, -0.1) is 5.92 Å². The van der Waals surface area contributed by atoms with E-state index in [0.717, 1.165) is 19.4 Å². The zero-order chi connectivity index (χ0) is 23.2. The summed E-state index contributed by atoms with van der Waals surface area (Å²) in [4.78, 5) is 14.8. The highest BCUT2D eigenvalue weighted by Crippen LogP contribution is 2.32. The first-order valence-electron chi connectivity index (χ1n) is 12.9. The second-order valence-electron chi connectivity index (χ2n) is 10.2. The number of hydrogen-bond donors (Lipinski definition) is 0. The minimum Gasteiger partial charge on any atom is -0.459 e. The third-order valence-electron chi connectivity index (χ3n) is 5.94. The van der Waals surface area contributed by atoms with Gasteiger partial charge in [0.2, 0.25) is 0 Å². The molecule has 1 heterocycles. The number of rotatable bonds is 14. The molecule has 1 saturated heterocycles. The van der Waals surface area contributed by atoms with E-state index in [2.05, 4.69) is 35.8 Å². The second kappa shape index (κ2) is 14.4. The lowest BCUT2D eigenvalue weighted by Gasteiger charge is -2.19. The minimum atomic E-state index is -0.467. The first kappa shape index (κ1) is 26.5. The molecular formula is C29H45NO2. The van der Waals surface area contributed by atoms with Crippen LogP contribution in [0.4, 0.5) is 0 Å². The molecule has 0 radical (unpaired) electrons. The van der Waals surface area contributed by atoms with E-state index in [1.54, 1.807) is 0 Å². The predicted molar refractivity (Wildman–Crippen MR) is 134 cm³/mol. The van der Waals surface area contributed by atoms with Crippen LogP contribution in [-0.2, 0) is 16.1 Å². The van der Waals surface area contributed by atoms with Crippen LogP contribution in [0.25, 0.3) is 0 Å². The molecule has 0 saturated carbocycles. The summed E-state index contributed by atoms with van der Waals surface area (Å²) in [6.07, 6.45) is 15.8. The largest absolute Gasteiger partial charge is 0.459 e. The monoisotopic (exact) mass is 439 g/mol. The number of carbonyl (C=O) groups excluding carboxylic acids is 1. The summed E-state index contributed by atoms with van der Waals surface area (Å²) in [6.45, 7) is 8.77. The average molecular weight is 440 g/mol. The molecule has 178 valence electrons. The molecule has 0 bridgehead atoms. The first-order chi connectivity index (χ1) is 15.4. The van der Waals surface area contributed by atoms with Gasteiger partial charge in [0.25, 0.3) is 0 Å². The van der Waals surface area contributed by atoms with Gasteiger partial charge in [-0.05, 0) is 32.8 Å². The SMILES string of the molecule is CCCCCCCCCCCCCC#C[C@@H]1[C@H](C(=O)OC(C)(C)C)N1Cc1ccccc1. The minimum absolute atomic E-state index is 0.0160. The Labute approximate surface area is 197 Å². The van der Waals surface area contributed by atoms with E-state index in [1.165, 1.54) is 69.8 Å². The van der Waals surface area contributed by atoms with Gasteiger partial charge < -0.3 is 4.74 Å². The molecule has 1 aromatic rings. The molecular weight excluding hydrogens is 394 g/mol. The van der Waals surface area contributed by atoms with E-state index in [4.69, 9.17) is 4.74 Å². The molecule has 1 fully saturated rings. The maximum atomic E-state index is 12.6. The number of ether oxygens (including phenoxy) is 1. The molecule has 32 heavy (non-hydrogen) atoms. The van der Waals surface area contributed by atoms with Gasteiger partial charge in [0.15, 0.2) is 0 Å². The van der Waals surface area contributed by atoms with Crippen molar-refractivity contribution in [3.05, 3.63) is 35.9 Å². The smallest absolute Gasteiger partial charge is 0.326 e. The van der Waals surface area contributed by atoms with Crippen molar-refractivity contribution in [2.24, 2.45) is 0 Å². The third-order valence-corrected chi connectivity index (χ3v) is 5.94. The maximum absolute atomic E-state index is 12.6. The summed E-state index contributed by atoms with van der Waals surface area (Å²) in [5.41, 5.74) is 0.738. The van der Waals surface area contributed by atoms with Crippen LogP contribution in [0, 0.1) is 11.8 Å². The quantitative estimate of drug-likeness (QED) is 0.132. The Morgan fingerprint density at radius 3 is 2.03 bits per heavy atom. The molecule has 3 heteroatoms. The van der Waals surface area contributed by atoms with Crippen molar-refractivity contribution in [2.75, 3.05) is 0 Å². The van der Waals surface area contributed by atoms with Crippen molar-refractivity contribution in [1.29, 1.82) is 0 Å². The molecule has 1 aliphatic rings. The van der Waals surface area contributed by atoms with Crippen molar-refractivity contribution >= 4 is 5.97 Å². The van der Waals surface area contributed by atoms with Gasteiger partial charge in [-0.25, -0.2) is 0 Å². The van der Waals surface area contributed by atoms with E-state index in [9.17, 15) is 4.79 Å². The topological polar surface area (TPSA) is 29.3 Å². The average Bonchev–Trinajstić information content (AvgIpc) is 3.43. The fraction of sp³-hybridized carbons (Fsp3) is 0.690. The van der Waals surface area contributed by atoms with Crippen LogP contribution in [0.2, 0.25) is 0 Å². The van der Waals surface area contributed by atoms with E-state index < -0.39 is 5.60 Å². The zero-order valence-corrected chi connectivity index (χ0v) is 21.0. The van der Waals surface area contributed by atoms with Crippen LogP contribution in [0.5, 0.6) is 0 Å². The summed E-state index contributed by atoms with van der Waals surface area (Å²) in [6, 6.07) is 10.0. The van der Waals surface area contributed by atoms with Gasteiger partial charge >= 0.3 is 5.97 Å². The van der Waals surface area contributed by atoms with E-state index in [0.29, 0.717) is 0 Å². The van der Waals surface area contributed by atoms with Gasteiger partial charge in [0.05, 0.1) is 6.04 Å². The van der Waals surface area contributed by atoms with Crippen molar-refractivity contribution in [3.63, 3.8) is 0 Å². The van der Waals surface area contributed by atoms with Gasteiger partial charge in [0, 0.05) is 13.0 Å². The highest BCUT2D eigenvalue weighted by Gasteiger charge is 2.53. The Kier molecular flexibility index (Phi) is 11.9. The van der Waals surface area contributed by atoms with E-state index >= 15 is 0 Å². The fourth-order valence-corrected chi connectivity index (χ4v) is 4.11. The number of unbranched alkanes of at least 4 members (excludes halogenated alkanes) is 11. The lowest BCUT2D eigenvalue weighted by Crippen LogP contribution is -2.28. The standard InChI is InChI=1S/C29H45NO2/c1-5-6-7-8-9-10-11-12-13-14-15-16-20-23-26-27(28(31)32-29(2,3)4)30(26)24-25-21-18-17-19-22-25/h17-19,21-22,26-27H,5-16,24H2,1-4H3/t26-,27-,30?/m1/s1. The lowest BCUT2D eigenvalue weighted by atomic mass is 10.1. The summed E-state index contributed by atoms with van der Waals surface area (Å²) < 4.78 is 5.63. The molecule has 0 spiro atoms. The van der Waals surface area contributed by atoms with Gasteiger partial charge in [-0.1, -0.05) is 107 Å². The Balaban J connectivity index is 1.67. The highest BCUT2D eigenvalue weighted by atomic mass is 16.6.